The van der Waals surface area contributed by atoms with E-state index in [2.05, 4.69) is 32.9 Å². The van der Waals surface area contributed by atoms with E-state index < -0.39 is 0 Å². The third kappa shape index (κ3) is 2.14. The quantitative estimate of drug-likeness (QED) is 0.694. The van der Waals surface area contributed by atoms with Gasteiger partial charge in [-0.25, -0.2) is 0 Å². The van der Waals surface area contributed by atoms with Crippen molar-refractivity contribution in [2.24, 2.45) is 0 Å². The fourth-order valence-corrected chi connectivity index (χ4v) is 1.44. The molecule has 74 valence electrons. The molecule has 0 bridgehead atoms. The zero-order chi connectivity index (χ0) is 10.8. The van der Waals surface area contributed by atoms with E-state index in [9.17, 15) is 0 Å². The van der Waals surface area contributed by atoms with Gasteiger partial charge in [0, 0.05) is 0 Å². The monoisotopic (exact) mass is 187 g/mol. The maximum absolute atomic E-state index is 8.87. The van der Waals surface area contributed by atoms with Crippen molar-refractivity contribution in [1.29, 1.82) is 5.26 Å². The van der Waals surface area contributed by atoms with Crippen molar-refractivity contribution in [1.82, 2.24) is 0 Å². The van der Waals surface area contributed by atoms with Gasteiger partial charge >= 0.3 is 0 Å². The van der Waals surface area contributed by atoms with Crippen LogP contribution in [0.25, 0.3) is 0 Å². The molecule has 0 saturated carbocycles. The van der Waals surface area contributed by atoms with Crippen molar-refractivity contribution in [3.63, 3.8) is 0 Å². The van der Waals surface area contributed by atoms with Crippen LogP contribution >= 0.6 is 0 Å². The standard InChI is InChI=1S/C13H17N/c1-5-13(3,4)12-7-10(2)6-11(8-12)9-14/h6-8H,5H2,1-4H3. The van der Waals surface area contributed by atoms with E-state index in [1.54, 1.807) is 0 Å². The molecule has 0 spiro atoms. The van der Waals surface area contributed by atoms with E-state index in [0.29, 0.717) is 0 Å². The zero-order valence-electron chi connectivity index (χ0n) is 9.39. The SMILES string of the molecule is CCC(C)(C)c1cc(C)cc(C#N)c1. The summed E-state index contributed by atoms with van der Waals surface area (Å²) < 4.78 is 0. The zero-order valence-corrected chi connectivity index (χ0v) is 9.39. The van der Waals surface area contributed by atoms with Crippen molar-refractivity contribution in [3.8, 4) is 6.07 Å². The van der Waals surface area contributed by atoms with Crippen molar-refractivity contribution >= 4 is 0 Å². The Morgan fingerprint density at radius 1 is 1.29 bits per heavy atom. The lowest BCUT2D eigenvalue weighted by atomic mass is 9.81. The van der Waals surface area contributed by atoms with Crippen LogP contribution in [0.15, 0.2) is 18.2 Å². The lowest BCUT2D eigenvalue weighted by Gasteiger charge is -2.23. The van der Waals surface area contributed by atoms with Crippen LogP contribution in [0.2, 0.25) is 0 Å². The van der Waals surface area contributed by atoms with Gasteiger partial charge in [0.25, 0.3) is 0 Å². The van der Waals surface area contributed by atoms with Gasteiger partial charge < -0.3 is 0 Å². The number of nitrogens with zero attached hydrogens (tertiary/aromatic N) is 1. The minimum atomic E-state index is 0.164. The predicted molar refractivity (Wildman–Crippen MR) is 59.2 cm³/mol. The first kappa shape index (κ1) is 10.8. The predicted octanol–water partition coefficient (Wildman–Crippen LogP) is 3.55. The molecule has 1 heteroatoms. The number of aryl methyl sites for hydroxylation is 1. The maximum Gasteiger partial charge on any atom is 0.0991 e. The van der Waals surface area contributed by atoms with E-state index in [1.807, 2.05) is 19.1 Å². The van der Waals surface area contributed by atoms with Crippen LogP contribution in [0.3, 0.4) is 0 Å². The van der Waals surface area contributed by atoms with E-state index in [0.717, 1.165) is 12.0 Å². The Hall–Kier alpha value is -1.29. The number of nitriles is 1. The summed E-state index contributed by atoms with van der Waals surface area (Å²) in [5.41, 5.74) is 3.36. The van der Waals surface area contributed by atoms with E-state index >= 15 is 0 Å². The van der Waals surface area contributed by atoms with E-state index in [4.69, 9.17) is 5.26 Å². The van der Waals surface area contributed by atoms with Crippen molar-refractivity contribution in [2.75, 3.05) is 0 Å². The summed E-state index contributed by atoms with van der Waals surface area (Å²) in [5.74, 6) is 0. The molecule has 0 fully saturated rings. The lowest BCUT2D eigenvalue weighted by molar-refractivity contribution is 0.506. The minimum absolute atomic E-state index is 0.164. The topological polar surface area (TPSA) is 23.8 Å². The Morgan fingerprint density at radius 3 is 2.43 bits per heavy atom. The van der Waals surface area contributed by atoms with Crippen LogP contribution < -0.4 is 0 Å². The Bertz CT molecular complexity index is 369. The highest BCUT2D eigenvalue weighted by molar-refractivity contribution is 5.39. The Labute approximate surface area is 86.4 Å². The molecule has 1 nitrogen and oxygen atoms in total. The summed E-state index contributed by atoms with van der Waals surface area (Å²) in [6.45, 7) is 8.64. The van der Waals surface area contributed by atoms with Gasteiger partial charge in [-0.1, -0.05) is 26.8 Å². The molecule has 14 heavy (non-hydrogen) atoms. The van der Waals surface area contributed by atoms with Crippen molar-refractivity contribution < 1.29 is 0 Å². The van der Waals surface area contributed by atoms with Gasteiger partial charge in [-0.05, 0) is 42.0 Å². The fourth-order valence-electron chi connectivity index (χ4n) is 1.44. The van der Waals surface area contributed by atoms with Gasteiger partial charge in [-0.3, -0.25) is 0 Å². The second kappa shape index (κ2) is 3.84. The third-order valence-electron chi connectivity index (χ3n) is 2.87. The molecule has 1 aromatic rings. The van der Waals surface area contributed by atoms with Gasteiger partial charge in [0.05, 0.1) is 11.6 Å². The van der Waals surface area contributed by atoms with E-state index in [1.165, 1.54) is 11.1 Å². The van der Waals surface area contributed by atoms with Crippen LogP contribution in [0.4, 0.5) is 0 Å². The second-order valence-corrected chi connectivity index (χ2v) is 4.44. The number of rotatable bonds is 2. The Kier molecular flexibility index (Phi) is 2.96. The molecule has 0 aliphatic rings. The van der Waals surface area contributed by atoms with Gasteiger partial charge in [0.2, 0.25) is 0 Å². The molecule has 0 atom stereocenters. The average Bonchev–Trinajstić information content (AvgIpc) is 2.16. The summed E-state index contributed by atoms with van der Waals surface area (Å²) >= 11 is 0. The molecule has 0 radical (unpaired) electrons. The first-order valence-corrected chi connectivity index (χ1v) is 5.02. The van der Waals surface area contributed by atoms with Gasteiger partial charge in [0.1, 0.15) is 0 Å². The minimum Gasteiger partial charge on any atom is -0.192 e. The summed E-state index contributed by atoms with van der Waals surface area (Å²) in [5, 5.41) is 8.87. The Morgan fingerprint density at radius 2 is 1.93 bits per heavy atom. The average molecular weight is 187 g/mol. The van der Waals surface area contributed by atoms with Crippen molar-refractivity contribution in [2.45, 2.75) is 39.5 Å². The van der Waals surface area contributed by atoms with Crippen molar-refractivity contribution in [3.05, 3.63) is 34.9 Å². The van der Waals surface area contributed by atoms with Crippen LogP contribution in [0, 0.1) is 18.3 Å². The van der Waals surface area contributed by atoms with Crippen LogP contribution in [0.5, 0.6) is 0 Å². The molecule has 0 saturated heterocycles. The highest BCUT2D eigenvalue weighted by Gasteiger charge is 2.18. The molecular weight excluding hydrogens is 170 g/mol. The summed E-state index contributed by atoms with van der Waals surface area (Å²) in [6, 6.07) is 8.30. The molecule has 1 rings (SSSR count). The summed E-state index contributed by atoms with van der Waals surface area (Å²) in [4.78, 5) is 0. The smallest absolute Gasteiger partial charge is 0.0991 e. The lowest BCUT2D eigenvalue weighted by Crippen LogP contribution is -2.15. The molecule has 0 unspecified atom stereocenters. The highest BCUT2D eigenvalue weighted by Crippen LogP contribution is 2.28. The fraction of sp³-hybridized carbons (Fsp3) is 0.462. The molecule has 0 aromatic heterocycles. The van der Waals surface area contributed by atoms with Crippen LogP contribution in [-0.2, 0) is 5.41 Å². The molecular formula is C13H17N. The summed E-state index contributed by atoms with van der Waals surface area (Å²) in [6.07, 6.45) is 1.08. The van der Waals surface area contributed by atoms with Gasteiger partial charge in [-0.2, -0.15) is 5.26 Å². The molecule has 0 aliphatic carbocycles. The third-order valence-corrected chi connectivity index (χ3v) is 2.87. The van der Waals surface area contributed by atoms with Gasteiger partial charge in [0.15, 0.2) is 0 Å². The molecule has 0 heterocycles. The summed E-state index contributed by atoms with van der Waals surface area (Å²) in [7, 11) is 0. The largest absolute Gasteiger partial charge is 0.192 e. The number of hydrogen-bond acceptors (Lipinski definition) is 1. The number of benzene rings is 1. The normalized spacial score (nSPS) is 11.1. The maximum atomic E-state index is 8.87. The molecule has 1 aromatic carbocycles. The first-order chi connectivity index (χ1) is 6.49. The highest BCUT2D eigenvalue weighted by atomic mass is 14.3. The molecule has 0 aliphatic heterocycles. The first-order valence-electron chi connectivity index (χ1n) is 5.02. The van der Waals surface area contributed by atoms with Gasteiger partial charge in [-0.15, -0.1) is 0 Å². The molecule has 0 amide bonds. The Balaban J connectivity index is 3.24. The van der Waals surface area contributed by atoms with E-state index in [-0.39, 0.29) is 5.41 Å². The van der Waals surface area contributed by atoms with Crippen LogP contribution in [0.1, 0.15) is 43.9 Å². The van der Waals surface area contributed by atoms with Crippen LogP contribution in [-0.4, -0.2) is 0 Å². The molecule has 0 N–H and O–H groups in total. The number of hydrogen-bond donors (Lipinski definition) is 0. The second-order valence-electron chi connectivity index (χ2n) is 4.44.